The number of halogens is 4. The largest absolute Gasteiger partial charge is 0.0525 e. The van der Waals surface area contributed by atoms with Gasteiger partial charge in [0.05, 0.1) is 0 Å². The van der Waals surface area contributed by atoms with Crippen LogP contribution in [0.2, 0.25) is 0 Å². The number of hydrogen-bond donors (Lipinski definition) is 0. The van der Waals surface area contributed by atoms with Crippen molar-refractivity contribution in [2.75, 3.05) is 0 Å². The van der Waals surface area contributed by atoms with Gasteiger partial charge in [-0.15, -0.1) is 0 Å². The normalized spacial score (nSPS) is 13.9. The van der Waals surface area contributed by atoms with Gasteiger partial charge in [0.25, 0.3) is 0 Å². The Hall–Kier alpha value is -1.98. The molecule has 0 unspecified atom stereocenters. The minimum Gasteiger partial charge on any atom is -0.0525 e. The van der Waals surface area contributed by atoms with Crippen LogP contribution in [0.15, 0.2) is 66.4 Å². The van der Waals surface area contributed by atoms with Gasteiger partial charge in [-0.05, 0) is 121 Å². The summed E-state index contributed by atoms with van der Waals surface area (Å²) in [6.45, 7) is 0. The van der Waals surface area contributed by atoms with Crippen LogP contribution in [-0.4, -0.2) is 0 Å². The van der Waals surface area contributed by atoms with E-state index in [1.807, 2.05) is 0 Å². The average Bonchev–Trinajstić information content (AvgIpc) is 3.36. The second-order valence-corrected chi connectivity index (χ2v) is 13.1. The van der Waals surface area contributed by atoms with E-state index in [-0.39, 0.29) is 0 Å². The molecule has 4 heteroatoms. The van der Waals surface area contributed by atoms with Gasteiger partial charge in [-0.25, -0.2) is 0 Å². The van der Waals surface area contributed by atoms with E-state index in [0.29, 0.717) is 0 Å². The predicted octanol–water partition coefficient (Wildman–Crippen LogP) is 11.7. The second-order valence-electron chi connectivity index (χ2n) is 9.70. The van der Waals surface area contributed by atoms with E-state index in [1.165, 1.54) is 97.0 Å². The Kier molecular flexibility index (Phi) is 2.90. The third-order valence-electron chi connectivity index (χ3n) is 8.43. The Morgan fingerprint density at radius 2 is 0.471 bits per heavy atom. The first kappa shape index (κ1) is 18.3. The quantitative estimate of drug-likeness (QED) is 0.139. The third-order valence-corrected chi connectivity index (χ3v) is 11.1. The summed E-state index contributed by atoms with van der Waals surface area (Å²) in [5.41, 5.74) is 0. The van der Waals surface area contributed by atoms with Crippen molar-refractivity contribution in [3.05, 3.63) is 66.4 Å². The zero-order valence-corrected chi connectivity index (χ0v) is 23.5. The van der Waals surface area contributed by atoms with Crippen LogP contribution in [-0.2, 0) is 0 Å². The molecule has 0 atom stereocenters. The lowest BCUT2D eigenvalue weighted by atomic mass is 9.91. The molecule has 156 valence electrons. The van der Waals surface area contributed by atoms with Gasteiger partial charge in [-0.1, -0.05) is 88.0 Å². The molecule has 0 aliphatic rings. The highest BCUT2D eigenvalue weighted by atomic mass is 79.9. The Morgan fingerprint density at radius 1 is 0.265 bits per heavy atom. The minimum absolute atomic E-state index is 1.16. The molecular weight excluding hydrogens is 680 g/mol. The van der Waals surface area contributed by atoms with Crippen LogP contribution in [0.1, 0.15) is 0 Å². The van der Waals surface area contributed by atoms with Gasteiger partial charge in [0.1, 0.15) is 0 Å². The van der Waals surface area contributed by atoms with Crippen molar-refractivity contribution in [2.24, 2.45) is 0 Å². The molecule has 0 heterocycles. The van der Waals surface area contributed by atoms with Crippen LogP contribution < -0.4 is 0 Å². The molecule has 0 bridgehead atoms. The molecule has 0 nitrogen and oxygen atoms in total. The lowest BCUT2D eigenvalue weighted by Crippen LogP contribution is -1.84. The first-order chi connectivity index (χ1) is 16.5. The monoisotopic (exact) mass is 684 g/mol. The molecule has 0 radical (unpaired) electrons. The SMILES string of the molecule is Brc1cc2c3cc(Br)c4ccc5c(Br)cc6c7cc(Br)c8ccc1c1c8c7c(c21)c1c3c4c5c61. The summed E-state index contributed by atoms with van der Waals surface area (Å²) in [5.74, 6) is 0. The second kappa shape index (κ2) is 5.39. The van der Waals surface area contributed by atoms with Crippen molar-refractivity contribution in [1.29, 1.82) is 0 Å². The molecule has 10 rings (SSSR count). The van der Waals surface area contributed by atoms with Gasteiger partial charge in [-0.2, -0.15) is 0 Å². The molecule has 34 heavy (non-hydrogen) atoms. The third kappa shape index (κ3) is 1.64. The standard InChI is InChI=1S/C30H8Br4/c31-17-5-13-15-7-19(33)11-3-4-12-20(34)8-16-14-6-18(32)10-2-1-9(17)21-22(10)26(14)29(25(13)21)30-27(15)23(11)24(12)28(16)30/h1-8H. The minimum atomic E-state index is 1.16. The summed E-state index contributed by atoms with van der Waals surface area (Å²) in [6, 6.07) is 18.5. The van der Waals surface area contributed by atoms with Crippen molar-refractivity contribution in [3.63, 3.8) is 0 Å². The maximum atomic E-state index is 3.95. The highest BCUT2D eigenvalue weighted by Gasteiger charge is 2.31. The Morgan fingerprint density at radius 3 is 0.706 bits per heavy atom. The van der Waals surface area contributed by atoms with E-state index in [2.05, 4.69) is 112 Å². The summed E-state index contributed by atoms with van der Waals surface area (Å²) < 4.78 is 4.66. The fraction of sp³-hybridized carbons (Fsp3) is 0. The fourth-order valence-corrected chi connectivity index (χ4v) is 9.56. The van der Waals surface area contributed by atoms with Crippen molar-refractivity contribution in [3.8, 4) is 0 Å². The average molecular weight is 688 g/mol. The number of hydrogen-bond acceptors (Lipinski definition) is 0. The highest BCUT2D eigenvalue weighted by Crippen LogP contribution is 2.60. The predicted molar refractivity (Wildman–Crippen MR) is 162 cm³/mol. The Bertz CT molecular complexity index is 2130. The number of rotatable bonds is 0. The topological polar surface area (TPSA) is 0 Å². The van der Waals surface area contributed by atoms with Crippen LogP contribution in [0.25, 0.3) is 97.0 Å². The zero-order valence-electron chi connectivity index (χ0n) is 17.1. The van der Waals surface area contributed by atoms with Crippen molar-refractivity contribution in [1.82, 2.24) is 0 Å². The molecule has 0 saturated heterocycles. The van der Waals surface area contributed by atoms with E-state index in [4.69, 9.17) is 0 Å². The molecule has 0 amide bonds. The van der Waals surface area contributed by atoms with E-state index in [0.717, 1.165) is 17.9 Å². The Balaban J connectivity index is 1.82. The van der Waals surface area contributed by atoms with E-state index < -0.39 is 0 Å². The van der Waals surface area contributed by atoms with Crippen molar-refractivity contribution < 1.29 is 0 Å². The van der Waals surface area contributed by atoms with E-state index in [9.17, 15) is 0 Å². The van der Waals surface area contributed by atoms with Gasteiger partial charge in [0.2, 0.25) is 0 Å². The number of benzene rings is 8. The maximum Gasteiger partial charge on any atom is 0.0260 e. The molecule has 0 aromatic heterocycles. The molecular formula is C30H8Br4. The first-order valence-corrected chi connectivity index (χ1v) is 14.3. The fourth-order valence-electron chi connectivity index (χ4n) is 7.32. The van der Waals surface area contributed by atoms with Crippen LogP contribution in [0, 0.1) is 0 Å². The van der Waals surface area contributed by atoms with Crippen LogP contribution in [0.4, 0.5) is 0 Å². The van der Waals surface area contributed by atoms with Gasteiger partial charge in [-0.3, -0.25) is 0 Å². The summed E-state index contributed by atoms with van der Waals surface area (Å²) in [5, 5.41) is 24.7. The zero-order chi connectivity index (χ0) is 22.4. The first-order valence-electron chi connectivity index (χ1n) is 11.1. The van der Waals surface area contributed by atoms with Crippen LogP contribution in [0.3, 0.4) is 0 Å². The summed E-state index contributed by atoms with van der Waals surface area (Å²) in [4.78, 5) is 0. The lowest BCUT2D eigenvalue weighted by molar-refractivity contribution is 1.79. The summed E-state index contributed by atoms with van der Waals surface area (Å²) >= 11 is 15.8. The molecule has 0 aliphatic carbocycles. The van der Waals surface area contributed by atoms with Gasteiger partial charge < -0.3 is 0 Å². The molecule has 10 aromatic rings. The summed E-state index contributed by atoms with van der Waals surface area (Å²) in [7, 11) is 0. The van der Waals surface area contributed by atoms with Crippen molar-refractivity contribution in [2.45, 2.75) is 0 Å². The van der Waals surface area contributed by atoms with Crippen molar-refractivity contribution >= 4 is 161 Å². The molecule has 0 spiro atoms. The highest BCUT2D eigenvalue weighted by molar-refractivity contribution is 9.11. The van der Waals surface area contributed by atoms with Gasteiger partial charge in [0.15, 0.2) is 0 Å². The maximum absolute atomic E-state index is 3.95. The molecule has 10 aromatic carbocycles. The lowest BCUT2D eigenvalue weighted by Gasteiger charge is -2.12. The van der Waals surface area contributed by atoms with Crippen LogP contribution in [0.5, 0.6) is 0 Å². The molecule has 0 aliphatic heterocycles. The van der Waals surface area contributed by atoms with Gasteiger partial charge in [0, 0.05) is 17.9 Å². The molecule has 0 saturated carbocycles. The Labute approximate surface area is 225 Å². The summed E-state index contributed by atoms with van der Waals surface area (Å²) in [6.07, 6.45) is 0. The van der Waals surface area contributed by atoms with Crippen LogP contribution >= 0.6 is 63.7 Å². The van der Waals surface area contributed by atoms with E-state index in [1.54, 1.807) is 0 Å². The van der Waals surface area contributed by atoms with Gasteiger partial charge >= 0.3 is 0 Å². The van der Waals surface area contributed by atoms with E-state index >= 15 is 0 Å². The molecule has 0 N–H and O–H groups in total. The smallest absolute Gasteiger partial charge is 0.0260 e. The number of fused-ring (bicyclic) bond motifs is 2. The molecule has 0 fully saturated rings.